The first kappa shape index (κ1) is 12.3. The molecule has 1 heterocycles. The summed E-state index contributed by atoms with van der Waals surface area (Å²) in [6, 6.07) is 0. The van der Waals surface area contributed by atoms with Crippen LogP contribution in [0.5, 0.6) is 0 Å². The van der Waals surface area contributed by atoms with Gasteiger partial charge in [0.05, 0.1) is 12.2 Å². The molecule has 2 fully saturated rings. The molecule has 16 heavy (non-hydrogen) atoms. The number of hydrogen-bond acceptors (Lipinski definition) is 4. The molecule has 1 saturated heterocycles. The predicted octanol–water partition coefficient (Wildman–Crippen LogP) is 2.07. The van der Waals surface area contributed by atoms with E-state index in [1.54, 1.807) is 14.2 Å². The van der Waals surface area contributed by atoms with Crippen LogP contribution in [0.3, 0.4) is 0 Å². The maximum absolute atomic E-state index is 6.06. The molecule has 0 spiro atoms. The molecule has 1 aliphatic heterocycles. The van der Waals surface area contributed by atoms with Crippen LogP contribution in [0.2, 0.25) is 0 Å². The number of fused-ring (bicyclic) bond motifs is 1. The van der Waals surface area contributed by atoms with Crippen LogP contribution in [-0.4, -0.2) is 38.0 Å². The van der Waals surface area contributed by atoms with Crippen molar-refractivity contribution in [3.05, 3.63) is 0 Å². The van der Waals surface area contributed by atoms with Crippen molar-refractivity contribution < 1.29 is 18.9 Å². The van der Waals surface area contributed by atoms with Crippen molar-refractivity contribution in [1.29, 1.82) is 0 Å². The molecule has 4 heteroatoms. The second kappa shape index (κ2) is 4.26. The molecular weight excluding hydrogens is 208 g/mol. The Kier molecular flexibility index (Phi) is 3.27. The Morgan fingerprint density at radius 3 is 1.56 bits per heavy atom. The lowest BCUT2D eigenvalue weighted by Crippen LogP contribution is -2.65. The van der Waals surface area contributed by atoms with Gasteiger partial charge in [-0.15, -0.1) is 0 Å². The molecule has 1 aliphatic carbocycles. The van der Waals surface area contributed by atoms with E-state index in [0.29, 0.717) is 0 Å². The number of rotatable bonds is 2. The second-order valence-electron chi connectivity index (χ2n) is 4.90. The molecule has 2 rings (SSSR count). The first-order valence-corrected chi connectivity index (χ1v) is 6.00. The van der Waals surface area contributed by atoms with Crippen LogP contribution in [0.1, 0.15) is 39.5 Å². The Hall–Kier alpha value is -0.160. The van der Waals surface area contributed by atoms with E-state index in [9.17, 15) is 0 Å². The molecule has 0 bridgehead atoms. The molecule has 0 radical (unpaired) electrons. The minimum atomic E-state index is -0.833. The molecule has 0 aromatic rings. The molecule has 0 aromatic heterocycles. The Labute approximate surface area is 97.2 Å². The topological polar surface area (TPSA) is 36.9 Å². The van der Waals surface area contributed by atoms with Crippen molar-refractivity contribution >= 4 is 0 Å². The van der Waals surface area contributed by atoms with E-state index in [1.165, 1.54) is 12.8 Å². The standard InChI is InChI=1S/C12H22O4/c1-11(13-3)12(2,14-4)16-10-8-6-5-7-9(10)15-11/h9-10H,5-8H2,1-4H3/t9-,10-,11-,12-/m1/s1. The van der Waals surface area contributed by atoms with Crippen molar-refractivity contribution in [2.75, 3.05) is 14.2 Å². The van der Waals surface area contributed by atoms with Gasteiger partial charge in [0.1, 0.15) is 0 Å². The van der Waals surface area contributed by atoms with E-state index in [0.717, 1.165) is 12.8 Å². The van der Waals surface area contributed by atoms with Crippen LogP contribution in [-0.2, 0) is 18.9 Å². The van der Waals surface area contributed by atoms with E-state index in [2.05, 4.69) is 0 Å². The summed E-state index contributed by atoms with van der Waals surface area (Å²) >= 11 is 0. The summed E-state index contributed by atoms with van der Waals surface area (Å²) in [4.78, 5) is 0. The van der Waals surface area contributed by atoms with Crippen LogP contribution in [0.25, 0.3) is 0 Å². The fraction of sp³-hybridized carbons (Fsp3) is 1.00. The van der Waals surface area contributed by atoms with Crippen LogP contribution in [0.15, 0.2) is 0 Å². The first-order valence-electron chi connectivity index (χ1n) is 6.00. The van der Waals surface area contributed by atoms with Gasteiger partial charge in [0.15, 0.2) is 0 Å². The predicted molar refractivity (Wildman–Crippen MR) is 59.0 cm³/mol. The van der Waals surface area contributed by atoms with E-state index in [-0.39, 0.29) is 12.2 Å². The minimum Gasteiger partial charge on any atom is -0.349 e. The smallest absolute Gasteiger partial charge is 0.220 e. The normalized spacial score (nSPS) is 48.8. The van der Waals surface area contributed by atoms with Gasteiger partial charge < -0.3 is 18.9 Å². The maximum Gasteiger partial charge on any atom is 0.220 e. The zero-order valence-corrected chi connectivity index (χ0v) is 10.6. The molecule has 2 aliphatic rings. The molecule has 0 unspecified atom stereocenters. The lowest BCUT2D eigenvalue weighted by Gasteiger charge is -2.53. The fourth-order valence-electron chi connectivity index (χ4n) is 2.59. The molecule has 0 N–H and O–H groups in total. The SMILES string of the molecule is CO[C@]1(C)O[C@@H]2CCCC[C@H]2O[C@@]1(C)OC. The minimum absolute atomic E-state index is 0.141. The van der Waals surface area contributed by atoms with Crippen LogP contribution in [0, 0.1) is 0 Å². The van der Waals surface area contributed by atoms with Gasteiger partial charge in [-0.3, -0.25) is 0 Å². The summed E-state index contributed by atoms with van der Waals surface area (Å²) in [5.41, 5.74) is 0. The van der Waals surface area contributed by atoms with Crippen molar-refractivity contribution in [3.63, 3.8) is 0 Å². The van der Waals surface area contributed by atoms with Gasteiger partial charge in [-0.25, -0.2) is 0 Å². The lowest BCUT2D eigenvalue weighted by molar-refractivity contribution is -0.450. The zero-order valence-electron chi connectivity index (χ0n) is 10.6. The summed E-state index contributed by atoms with van der Waals surface area (Å²) in [5, 5.41) is 0. The average Bonchev–Trinajstić information content (AvgIpc) is 2.30. The molecule has 0 amide bonds. The fourth-order valence-corrected chi connectivity index (χ4v) is 2.59. The number of methoxy groups -OCH3 is 2. The largest absolute Gasteiger partial charge is 0.349 e. The highest BCUT2D eigenvalue weighted by molar-refractivity contribution is 4.92. The first-order chi connectivity index (χ1) is 7.54. The van der Waals surface area contributed by atoms with Gasteiger partial charge in [0.2, 0.25) is 11.6 Å². The van der Waals surface area contributed by atoms with E-state index < -0.39 is 11.6 Å². The summed E-state index contributed by atoms with van der Waals surface area (Å²) in [6.45, 7) is 3.75. The van der Waals surface area contributed by atoms with Crippen LogP contribution >= 0.6 is 0 Å². The third-order valence-corrected chi connectivity index (χ3v) is 4.00. The Bertz CT molecular complexity index is 231. The van der Waals surface area contributed by atoms with Crippen molar-refractivity contribution in [2.45, 2.75) is 63.3 Å². The summed E-state index contributed by atoms with van der Waals surface area (Å²) in [7, 11) is 3.26. The van der Waals surface area contributed by atoms with E-state index in [1.807, 2.05) is 13.8 Å². The highest BCUT2D eigenvalue weighted by Gasteiger charge is 2.56. The van der Waals surface area contributed by atoms with Crippen molar-refractivity contribution in [2.24, 2.45) is 0 Å². The van der Waals surface area contributed by atoms with Gasteiger partial charge in [-0.1, -0.05) is 12.8 Å². The Balaban J connectivity index is 2.20. The quantitative estimate of drug-likeness (QED) is 0.727. The highest BCUT2D eigenvalue weighted by Crippen LogP contribution is 2.42. The van der Waals surface area contributed by atoms with Gasteiger partial charge in [-0.2, -0.15) is 0 Å². The van der Waals surface area contributed by atoms with E-state index >= 15 is 0 Å². The van der Waals surface area contributed by atoms with Gasteiger partial charge in [0, 0.05) is 14.2 Å². The van der Waals surface area contributed by atoms with Gasteiger partial charge >= 0.3 is 0 Å². The average molecular weight is 230 g/mol. The molecular formula is C12H22O4. The second-order valence-corrected chi connectivity index (χ2v) is 4.90. The molecule has 4 atom stereocenters. The van der Waals surface area contributed by atoms with Crippen LogP contribution in [0.4, 0.5) is 0 Å². The molecule has 0 aromatic carbocycles. The lowest BCUT2D eigenvalue weighted by atomic mass is 9.91. The highest BCUT2D eigenvalue weighted by atomic mass is 16.8. The van der Waals surface area contributed by atoms with E-state index in [4.69, 9.17) is 18.9 Å². The Morgan fingerprint density at radius 1 is 0.875 bits per heavy atom. The van der Waals surface area contributed by atoms with Crippen LogP contribution < -0.4 is 0 Å². The summed E-state index contributed by atoms with van der Waals surface area (Å²) < 4.78 is 23.0. The molecule has 1 saturated carbocycles. The molecule has 94 valence electrons. The zero-order chi connectivity index (χ0) is 11.8. The third kappa shape index (κ3) is 1.78. The number of hydrogen-bond donors (Lipinski definition) is 0. The maximum atomic E-state index is 6.06. The third-order valence-electron chi connectivity index (χ3n) is 4.00. The summed E-state index contributed by atoms with van der Waals surface area (Å²) in [6.07, 6.45) is 4.78. The number of ether oxygens (including phenoxy) is 4. The summed E-state index contributed by atoms with van der Waals surface area (Å²) in [5.74, 6) is -1.67. The van der Waals surface area contributed by atoms with Crippen molar-refractivity contribution in [3.8, 4) is 0 Å². The van der Waals surface area contributed by atoms with Crippen molar-refractivity contribution in [1.82, 2.24) is 0 Å². The van der Waals surface area contributed by atoms with Gasteiger partial charge in [0.25, 0.3) is 0 Å². The monoisotopic (exact) mass is 230 g/mol. The van der Waals surface area contributed by atoms with Gasteiger partial charge in [-0.05, 0) is 26.7 Å². The molecule has 4 nitrogen and oxygen atoms in total. The Morgan fingerprint density at radius 2 is 1.25 bits per heavy atom.